The molecule has 0 saturated carbocycles. The van der Waals surface area contributed by atoms with Gasteiger partial charge in [-0.3, -0.25) is 4.79 Å². The zero-order valence-corrected chi connectivity index (χ0v) is 10.2. The highest BCUT2D eigenvalue weighted by Gasteiger charge is 2.25. The summed E-state index contributed by atoms with van der Waals surface area (Å²) < 4.78 is 5.58. The van der Waals surface area contributed by atoms with Crippen LogP contribution in [0.1, 0.15) is 17.3 Å². The van der Waals surface area contributed by atoms with Crippen LogP contribution in [-0.4, -0.2) is 12.4 Å². The number of benzene rings is 2. The molecule has 2 aromatic rings. The lowest BCUT2D eigenvalue weighted by molar-refractivity contribution is 0.0849. The molecule has 3 rings (SSSR count). The summed E-state index contributed by atoms with van der Waals surface area (Å²) in [5.41, 5.74) is 2.88. The van der Waals surface area contributed by atoms with Crippen LogP contribution in [0.5, 0.6) is 5.75 Å². The van der Waals surface area contributed by atoms with Crippen LogP contribution in [0.3, 0.4) is 0 Å². The molecule has 90 valence electrons. The maximum absolute atomic E-state index is 12.1. The fourth-order valence-electron chi connectivity index (χ4n) is 2.21. The number of ether oxygens (including phenoxy) is 1. The van der Waals surface area contributed by atoms with Crippen LogP contribution in [-0.2, 0) is 0 Å². The number of hydrogen-bond acceptors (Lipinski definition) is 2. The molecule has 0 aromatic heterocycles. The second kappa shape index (κ2) is 4.30. The third-order valence-electron chi connectivity index (χ3n) is 3.29. The molecular formula is C16H14O2. The number of rotatable bonds is 1. The Bertz CT molecular complexity index is 587. The van der Waals surface area contributed by atoms with Gasteiger partial charge >= 0.3 is 0 Å². The lowest BCUT2D eigenvalue weighted by Gasteiger charge is -2.21. The molecule has 1 atom stereocenters. The molecule has 0 radical (unpaired) electrons. The third kappa shape index (κ3) is 1.80. The van der Waals surface area contributed by atoms with Gasteiger partial charge in [0.05, 0.1) is 18.1 Å². The Kier molecular flexibility index (Phi) is 2.63. The highest BCUT2D eigenvalue weighted by Crippen LogP contribution is 2.31. The monoisotopic (exact) mass is 238 g/mol. The fraction of sp³-hybridized carbons (Fsp3) is 0.188. The SMILES string of the molecule is CC1COc2ccc(-c3ccccc3)cc2C1=O. The Morgan fingerprint density at radius 1 is 1.06 bits per heavy atom. The summed E-state index contributed by atoms with van der Waals surface area (Å²) >= 11 is 0. The maximum atomic E-state index is 12.1. The first-order valence-electron chi connectivity index (χ1n) is 6.12. The van der Waals surface area contributed by atoms with E-state index < -0.39 is 0 Å². The molecule has 2 nitrogen and oxygen atoms in total. The molecule has 1 unspecified atom stereocenters. The van der Waals surface area contributed by atoms with Crippen molar-refractivity contribution in [3.63, 3.8) is 0 Å². The minimum Gasteiger partial charge on any atom is -0.492 e. The van der Waals surface area contributed by atoms with Gasteiger partial charge in [0.15, 0.2) is 5.78 Å². The Labute approximate surface area is 106 Å². The van der Waals surface area contributed by atoms with Crippen LogP contribution in [0.2, 0.25) is 0 Å². The van der Waals surface area contributed by atoms with Gasteiger partial charge in [-0.15, -0.1) is 0 Å². The Hall–Kier alpha value is -2.09. The van der Waals surface area contributed by atoms with Crippen LogP contribution < -0.4 is 4.74 Å². The van der Waals surface area contributed by atoms with Gasteiger partial charge in [0, 0.05) is 0 Å². The predicted molar refractivity (Wildman–Crippen MR) is 70.9 cm³/mol. The zero-order chi connectivity index (χ0) is 12.5. The average Bonchev–Trinajstić information content (AvgIpc) is 2.44. The van der Waals surface area contributed by atoms with Gasteiger partial charge in [-0.05, 0) is 23.3 Å². The minimum atomic E-state index is -0.0523. The molecule has 18 heavy (non-hydrogen) atoms. The van der Waals surface area contributed by atoms with E-state index in [1.807, 2.05) is 55.5 Å². The molecule has 1 aliphatic rings. The molecule has 0 N–H and O–H groups in total. The molecule has 1 heterocycles. The van der Waals surface area contributed by atoms with Crippen LogP contribution >= 0.6 is 0 Å². The molecule has 1 aliphatic heterocycles. The Balaban J connectivity index is 2.08. The van der Waals surface area contributed by atoms with Gasteiger partial charge in [-0.25, -0.2) is 0 Å². The first-order chi connectivity index (χ1) is 8.75. The van der Waals surface area contributed by atoms with Gasteiger partial charge in [0.25, 0.3) is 0 Å². The summed E-state index contributed by atoms with van der Waals surface area (Å²) in [5.74, 6) is 0.829. The van der Waals surface area contributed by atoms with Crippen molar-refractivity contribution in [3.8, 4) is 16.9 Å². The summed E-state index contributed by atoms with van der Waals surface area (Å²) in [6, 6.07) is 15.9. The Morgan fingerprint density at radius 3 is 2.61 bits per heavy atom. The normalized spacial score (nSPS) is 18.1. The number of carbonyl (C=O) groups excluding carboxylic acids is 1. The van der Waals surface area contributed by atoms with Gasteiger partial charge in [0.2, 0.25) is 0 Å². The highest BCUT2D eigenvalue weighted by molar-refractivity contribution is 6.02. The van der Waals surface area contributed by atoms with E-state index in [0.717, 1.165) is 11.1 Å². The molecule has 0 amide bonds. The molecule has 0 aliphatic carbocycles. The van der Waals surface area contributed by atoms with E-state index >= 15 is 0 Å². The topological polar surface area (TPSA) is 26.3 Å². The standard InChI is InChI=1S/C16H14O2/c1-11-10-18-15-8-7-13(9-14(15)16(11)17)12-5-3-2-4-6-12/h2-9,11H,10H2,1H3. The molecule has 2 aromatic carbocycles. The average molecular weight is 238 g/mol. The van der Waals surface area contributed by atoms with Crippen LogP contribution in [0.15, 0.2) is 48.5 Å². The zero-order valence-electron chi connectivity index (χ0n) is 10.2. The third-order valence-corrected chi connectivity index (χ3v) is 3.29. The van der Waals surface area contributed by atoms with E-state index in [1.165, 1.54) is 0 Å². The number of fused-ring (bicyclic) bond motifs is 1. The van der Waals surface area contributed by atoms with Crippen molar-refractivity contribution < 1.29 is 9.53 Å². The molecule has 0 saturated heterocycles. The lowest BCUT2D eigenvalue weighted by Crippen LogP contribution is -2.25. The van der Waals surface area contributed by atoms with Crippen molar-refractivity contribution in [2.45, 2.75) is 6.92 Å². The van der Waals surface area contributed by atoms with Gasteiger partial charge < -0.3 is 4.74 Å². The van der Waals surface area contributed by atoms with Crippen molar-refractivity contribution >= 4 is 5.78 Å². The summed E-state index contributed by atoms with van der Waals surface area (Å²) in [6.45, 7) is 2.39. The van der Waals surface area contributed by atoms with Crippen molar-refractivity contribution in [1.29, 1.82) is 0 Å². The van der Waals surface area contributed by atoms with Crippen molar-refractivity contribution in [1.82, 2.24) is 0 Å². The largest absolute Gasteiger partial charge is 0.492 e. The van der Waals surface area contributed by atoms with Gasteiger partial charge in [-0.2, -0.15) is 0 Å². The number of Topliss-reactive ketones (excluding diaryl/α,β-unsaturated/α-hetero) is 1. The lowest BCUT2D eigenvalue weighted by atomic mass is 9.93. The molecule has 2 heteroatoms. The van der Waals surface area contributed by atoms with Crippen molar-refractivity contribution in [2.75, 3.05) is 6.61 Å². The second-order valence-electron chi connectivity index (χ2n) is 4.65. The van der Waals surface area contributed by atoms with Crippen molar-refractivity contribution in [2.24, 2.45) is 5.92 Å². The predicted octanol–water partition coefficient (Wildman–Crippen LogP) is 3.56. The maximum Gasteiger partial charge on any atom is 0.172 e. The van der Waals surface area contributed by atoms with Crippen LogP contribution in [0.25, 0.3) is 11.1 Å². The smallest absolute Gasteiger partial charge is 0.172 e. The van der Waals surface area contributed by atoms with Crippen molar-refractivity contribution in [3.05, 3.63) is 54.1 Å². The summed E-state index contributed by atoms with van der Waals surface area (Å²) in [6.07, 6.45) is 0. The second-order valence-corrected chi connectivity index (χ2v) is 4.65. The summed E-state index contributed by atoms with van der Waals surface area (Å²) in [5, 5.41) is 0. The van der Waals surface area contributed by atoms with Crippen LogP contribution in [0, 0.1) is 5.92 Å². The number of carbonyl (C=O) groups is 1. The number of hydrogen-bond donors (Lipinski definition) is 0. The van der Waals surface area contributed by atoms with Gasteiger partial charge in [-0.1, -0.05) is 43.3 Å². The molecule has 0 spiro atoms. The number of ketones is 1. The quantitative estimate of drug-likeness (QED) is 0.759. The van der Waals surface area contributed by atoms with Crippen LogP contribution in [0.4, 0.5) is 0 Å². The minimum absolute atomic E-state index is 0.0523. The van der Waals surface area contributed by atoms with E-state index in [9.17, 15) is 4.79 Å². The molecule has 0 fully saturated rings. The fourth-order valence-corrected chi connectivity index (χ4v) is 2.21. The summed E-state index contributed by atoms with van der Waals surface area (Å²) in [4.78, 5) is 12.1. The van der Waals surface area contributed by atoms with E-state index in [4.69, 9.17) is 4.74 Å². The van der Waals surface area contributed by atoms with Gasteiger partial charge in [0.1, 0.15) is 5.75 Å². The first kappa shape index (κ1) is 11.0. The Morgan fingerprint density at radius 2 is 1.83 bits per heavy atom. The first-order valence-corrected chi connectivity index (χ1v) is 6.12. The molecular weight excluding hydrogens is 224 g/mol. The van der Waals surface area contributed by atoms with E-state index in [-0.39, 0.29) is 11.7 Å². The molecule has 0 bridgehead atoms. The highest BCUT2D eigenvalue weighted by atomic mass is 16.5. The van der Waals surface area contributed by atoms with E-state index in [1.54, 1.807) is 0 Å². The van der Waals surface area contributed by atoms with E-state index in [2.05, 4.69) is 0 Å². The summed E-state index contributed by atoms with van der Waals surface area (Å²) in [7, 11) is 0. The van der Waals surface area contributed by atoms with E-state index in [0.29, 0.717) is 17.9 Å².